The zero-order valence-electron chi connectivity index (χ0n) is 15.1. The normalized spacial score (nSPS) is 20.8. The first kappa shape index (κ1) is 19.7. The fourth-order valence-corrected chi connectivity index (χ4v) is 4.28. The molecule has 0 saturated carbocycles. The van der Waals surface area contributed by atoms with Crippen LogP contribution in [0.5, 0.6) is 5.75 Å². The van der Waals surface area contributed by atoms with Gasteiger partial charge >= 0.3 is 11.9 Å². The molecule has 28 heavy (non-hydrogen) atoms. The van der Waals surface area contributed by atoms with Crippen molar-refractivity contribution in [1.82, 2.24) is 10.2 Å². The maximum atomic E-state index is 12.5. The predicted molar refractivity (Wildman–Crippen MR) is 98.6 cm³/mol. The quantitative estimate of drug-likeness (QED) is 0.521. The van der Waals surface area contributed by atoms with Crippen molar-refractivity contribution >= 4 is 35.5 Å². The molecule has 1 saturated heterocycles. The van der Waals surface area contributed by atoms with Gasteiger partial charge in [-0.1, -0.05) is 0 Å². The number of fused-ring (bicyclic) bond motifs is 1. The maximum absolute atomic E-state index is 12.5. The standard InChI is InChI=1S/C18H18N2O7S/c1-9(21)27-7-11-8-28-17-13(16(23)20(17)14(11)18(24)25)19-15(22)10-3-5-12(26-2)6-4-10/h3-6,13,17H,7-8H2,1-2H3,(H,19,22)(H,24,25)/t13-,17-/m1/s1. The largest absolute Gasteiger partial charge is 0.497 e. The molecule has 0 bridgehead atoms. The molecule has 1 aromatic rings. The third-order valence-corrected chi connectivity index (χ3v) is 5.68. The highest BCUT2D eigenvalue weighted by Crippen LogP contribution is 2.40. The molecular formula is C18H18N2O7S. The third kappa shape index (κ3) is 3.68. The first-order valence-corrected chi connectivity index (χ1v) is 9.36. The summed E-state index contributed by atoms with van der Waals surface area (Å²) in [6.45, 7) is 1.03. The Balaban J connectivity index is 1.73. The van der Waals surface area contributed by atoms with Gasteiger partial charge in [-0.15, -0.1) is 11.8 Å². The average molecular weight is 406 g/mol. The highest BCUT2D eigenvalue weighted by atomic mass is 32.2. The number of aliphatic carboxylic acids is 1. The summed E-state index contributed by atoms with van der Waals surface area (Å²) in [4.78, 5) is 48.7. The lowest BCUT2D eigenvalue weighted by Gasteiger charge is -2.49. The minimum atomic E-state index is -1.28. The highest BCUT2D eigenvalue weighted by molar-refractivity contribution is 8.00. The number of carboxylic acid groups (broad SMARTS) is 1. The molecule has 2 aliphatic heterocycles. The number of hydrogen-bond donors (Lipinski definition) is 2. The van der Waals surface area contributed by atoms with Gasteiger partial charge in [-0.05, 0) is 24.3 Å². The van der Waals surface area contributed by atoms with Crippen LogP contribution < -0.4 is 10.1 Å². The summed E-state index contributed by atoms with van der Waals surface area (Å²) in [5, 5.41) is 11.6. The van der Waals surface area contributed by atoms with E-state index >= 15 is 0 Å². The average Bonchev–Trinajstić information content (AvgIpc) is 2.69. The number of methoxy groups -OCH3 is 1. The summed E-state index contributed by atoms with van der Waals surface area (Å²) in [6, 6.07) is 5.58. The molecule has 2 aliphatic rings. The molecular weight excluding hydrogens is 388 g/mol. The second kappa shape index (κ2) is 7.93. The summed E-state index contributed by atoms with van der Waals surface area (Å²) in [6.07, 6.45) is 0. The Morgan fingerprint density at radius 2 is 1.96 bits per heavy atom. The van der Waals surface area contributed by atoms with Gasteiger partial charge in [-0.2, -0.15) is 0 Å². The number of thioether (sulfide) groups is 1. The number of nitrogens with zero attached hydrogens (tertiary/aromatic N) is 1. The van der Waals surface area contributed by atoms with E-state index in [1.54, 1.807) is 24.3 Å². The predicted octanol–water partition coefficient (Wildman–Crippen LogP) is 0.611. The van der Waals surface area contributed by atoms with Gasteiger partial charge in [-0.25, -0.2) is 4.79 Å². The van der Waals surface area contributed by atoms with Crippen LogP contribution in [-0.4, -0.2) is 64.6 Å². The van der Waals surface area contributed by atoms with Crippen LogP contribution in [0.2, 0.25) is 0 Å². The van der Waals surface area contributed by atoms with Gasteiger partial charge in [-0.3, -0.25) is 19.3 Å². The molecule has 0 spiro atoms. The van der Waals surface area contributed by atoms with E-state index in [-0.39, 0.29) is 18.1 Å². The van der Waals surface area contributed by atoms with E-state index in [2.05, 4.69) is 5.32 Å². The van der Waals surface area contributed by atoms with Crippen LogP contribution in [0.15, 0.2) is 35.5 Å². The molecule has 1 fully saturated rings. The van der Waals surface area contributed by atoms with E-state index < -0.39 is 35.2 Å². The molecule has 1 aromatic carbocycles. The fourth-order valence-electron chi connectivity index (χ4n) is 2.95. The van der Waals surface area contributed by atoms with Crippen LogP contribution in [0.3, 0.4) is 0 Å². The van der Waals surface area contributed by atoms with Crippen LogP contribution in [0.1, 0.15) is 17.3 Å². The van der Waals surface area contributed by atoms with Gasteiger partial charge in [0.05, 0.1) is 7.11 Å². The highest BCUT2D eigenvalue weighted by Gasteiger charge is 2.54. The number of rotatable bonds is 6. The van der Waals surface area contributed by atoms with Crippen LogP contribution in [0, 0.1) is 0 Å². The number of β-lactam (4-membered cyclic amide) rings is 1. The van der Waals surface area contributed by atoms with Gasteiger partial charge in [0.25, 0.3) is 11.8 Å². The Morgan fingerprint density at radius 3 is 2.54 bits per heavy atom. The second-order valence-corrected chi connectivity index (χ2v) is 7.23. The minimum absolute atomic E-state index is 0.190. The maximum Gasteiger partial charge on any atom is 0.352 e. The number of carboxylic acids is 1. The zero-order chi connectivity index (χ0) is 20.4. The van der Waals surface area contributed by atoms with Crippen molar-refractivity contribution in [2.24, 2.45) is 0 Å². The van der Waals surface area contributed by atoms with Gasteiger partial charge in [0.15, 0.2) is 0 Å². The van der Waals surface area contributed by atoms with Crippen molar-refractivity contribution in [3.63, 3.8) is 0 Å². The molecule has 2 atom stereocenters. The summed E-state index contributed by atoms with van der Waals surface area (Å²) >= 11 is 1.31. The molecule has 148 valence electrons. The Bertz CT molecular complexity index is 865. The Labute approximate surface area is 164 Å². The van der Waals surface area contributed by atoms with E-state index in [1.807, 2.05) is 0 Å². The molecule has 9 nitrogen and oxygen atoms in total. The number of amides is 2. The number of carbonyl (C=O) groups excluding carboxylic acids is 3. The molecule has 0 unspecified atom stereocenters. The molecule has 0 aliphatic carbocycles. The van der Waals surface area contributed by atoms with Crippen molar-refractivity contribution in [3.8, 4) is 5.75 Å². The van der Waals surface area contributed by atoms with E-state index in [9.17, 15) is 24.3 Å². The summed E-state index contributed by atoms with van der Waals surface area (Å²) < 4.78 is 9.92. The Morgan fingerprint density at radius 1 is 1.29 bits per heavy atom. The molecule has 10 heteroatoms. The van der Waals surface area contributed by atoms with Crippen molar-refractivity contribution in [1.29, 1.82) is 0 Å². The monoisotopic (exact) mass is 406 g/mol. The van der Waals surface area contributed by atoms with Crippen LogP contribution in [0.4, 0.5) is 0 Å². The summed E-state index contributed by atoms with van der Waals surface area (Å²) in [5.74, 6) is -1.89. The molecule has 2 amide bonds. The number of hydrogen-bond acceptors (Lipinski definition) is 7. The number of carbonyl (C=O) groups is 4. The smallest absolute Gasteiger partial charge is 0.352 e. The lowest BCUT2D eigenvalue weighted by atomic mass is 10.0. The van der Waals surface area contributed by atoms with Gasteiger partial charge in [0.1, 0.15) is 29.5 Å². The van der Waals surface area contributed by atoms with E-state index in [0.29, 0.717) is 16.9 Å². The fraction of sp³-hybridized carbons (Fsp3) is 0.333. The number of benzene rings is 1. The molecule has 3 rings (SSSR count). The number of nitrogens with one attached hydrogen (secondary N) is 1. The van der Waals surface area contributed by atoms with E-state index in [0.717, 1.165) is 4.90 Å². The third-order valence-electron chi connectivity index (χ3n) is 4.34. The Kier molecular flexibility index (Phi) is 5.59. The minimum Gasteiger partial charge on any atom is -0.497 e. The summed E-state index contributed by atoms with van der Waals surface area (Å²) in [5.41, 5.74) is 0.514. The van der Waals surface area contributed by atoms with Gasteiger partial charge in [0.2, 0.25) is 0 Å². The van der Waals surface area contributed by atoms with Crippen LogP contribution >= 0.6 is 11.8 Å². The molecule has 2 N–H and O–H groups in total. The van der Waals surface area contributed by atoms with Crippen molar-refractivity contribution in [2.75, 3.05) is 19.5 Å². The lowest BCUT2D eigenvalue weighted by molar-refractivity contribution is -0.149. The van der Waals surface area contributed by atoms with E-state index in [1.165, 1.54) is 25.8 Å². The molecule has 0 radical (unpaired) electrons. The first-order valence-electron chi connectivity index (χ1n) is 8.31. The van der Waals surface area contributed by atoms with Crippen LogP contribution in [-0.2, 0) is 19.1 Å². The first-order chi connectivity index (χ1) is 13.3. The second-order valence-electron chi connectivity index (χ2n) is 6.13. The molecule has 0 aromatic heterocycles. The summed E-state index contributed by atoms with van der Waals surface area (Å²) in [7, 11) is 1.51. The molecule has 2 heterocycles. The van der Waals surface area contributed by atoms with Gasteiger partial charge in [0, 0.05) is 23.8 Å². The number of esters is 1. The van der Waals surface area contributed by atoms with Crippen molar-refractivity contribution in [2.45, 2.75) is 18.3 Å². The zero-order valence-corrected chi connectivity index (χ0v) is 15.9. The van der Waals surface area contributed by atoms with Gasteiger partial charge < -0.3 is 19.9 Å². The van der Waals surface area contributed by atoms with Crippen LogP contribution in [0.25, 0.3) is 0 Å². The van der Waals surface area contributed by atoms with Crippen molar-refractivity contribution in [3.05, 3.63) is 41.1 Å². The SMILES string of the molecule is COc1ccc(C(=O)N[C@@H]2C(=O)N3C(C(=O)O)=C(COC(C)=O)CS[C@H]23)cc1. The topological polar surface area (TPSA) is 122 Å². The van der Waals surface area contributed by atoms with Crippen molar-refractivity contribution < 1.29 is 33.8 Å². The van der Waals surface area contributed by atoms with E-state index in [4.69, 9.17) is 9.47 Å². The number of ether oxygens (including phenoxy) is 2. The lowest BCUT2D eigenvalue weighted by Crippen LogP contribution is -2.70. The Hall–Kier alpha value is -3.01.